The summed E-state index contributed by atoms with van der Waals surface area (Å²) in [6.45, 7) is 16.6. The number of aliphatic carboxylic acids is 1. The minimum atomic E-state index is -1.15. The zero-order valence-electron chi connectivity index (χ0n) is 28.7. The Bertz CT molecular complexity index is 1420. The first-order valence-corrected chi connectivity index (χ1v) is 15.9. The van der Waals surface area contributed by atoms with Crippen LogP contribution in [0.4, 0.5) is 10.5 Å². The quantitative estimate of drug-likeness (QED) is 0.251. The molecule has 4 rings (SSSR count). The minimum absolute atomic E-state index is 0.0707. The van der Waals surface area contributed by atoms with Gasteiger partial charge < -0.3 is 24.2 Å². The number of carbonyl (C=O) groups is 3. The summed E-state index contributed by atoms with van der Waals surface area (Å²) < 4.78 is 18.0. The van der Waals surface area contributed by atoms with E-state index < -0.39 is 29.1 Å². The van der Waals surface area contributed by atoms with Gasteiger partial charge in [0.2, 0.25) is 5.91 Å². The maximum Gasteiger partial charge on any atom is 0.411 e. The molecule has 3 aromatic rings. The lowest BCUT2D eigenvalue weighted by Gasteiger charge is -2.43. The van der Waals surface area contributed by atoms with Gasteiger partial charge in [0.25, 0.3) is 0 Å². The smallest absolute Gasteiger partial charge is 0.411 e. The Morgan fingerprint density at radius 3 is 1.93 bits per heavy atom. The second kappa shape index (κ2) is 17.2. The fourth-order valence-corrected chi connectivity index (χ4v) is 4.66. The number of hydrogen-bond donors (Lipinski definition) is 1. The van der Waals surface area contributed by atoms with Gasteiger partial charge in [-0.2, -0.15) is 0 Å². The molecule has 1 N–H and O–H groups in total. The van der Waals surface area contributed by atoms with Crippen LogP contribution in [0, 0.1) is 5.41 Å². The highest BCUT2D eigenvalue weighted by Crippen LogP contribution is 2.39. The van der Waals surface area contributed by atoms with Crippen molar-refractivity contribution in [3.8, 4) is 17.2 Å². The molecule has 0 spiro atoms. The van der Waals surface area contributed by atoms with Crippen LogP contribution in [0.3, 0.4) is 0 Å². The van der Waals surface area contributed by atoms with Crippen LogP contribution < -0.4 is 14.4 Å². The zero-order valence-corrected chi connectivity index (χ0v) is 28.7. The van der Waals surface area contributed by atoms with Gasteiger partial charge in [0.05, 0.1) is 17.1 Å². The van der Waals surface area contributed by atoms with E-state index in [0.29, 0.717) is 29.5 Å². The Hall–Kier alpha value is -4.53. The highest BCUT2D eigenvalue weighted by Gasteiger charge is 2.42. The van der Waals surface area contributed by atoms with Gasteiger partial charge in [0, 0.05) is 6.54 Å². The highest BCUT2D eigenvalue weighted by molar-refractivity contribution is 5.99. The van der Waals surface area contributed by atoms with Crippen LogP contribution in [0.2, 0.25) is 0 Å². The van der Waals surface area contributed by atoms with Crippen LogP contribution >= 0.6 is 0 Å². The summed E-state index contributed by atoms with van der Waals surface area (Å²) in [7, 11) is 0. The van der Waals surface area contributed by atoms with Crippen molar-refractivity contribution in [1.82, 2.24) is 4.90 Å². The van der Waals surface area contributed by atoms with Crippen molar-refractivity contribution in [3.05, 3.63) is 84.4 Å². The Kier molecular flexibility index (Phi) is 14.1. The number of anilines is 1. The lowest BCUT2D eigenvalue weighted by Crippen LogP contribution is -2.60. The van der Waals surface area contributed by atoms with Crippen LogP contribution in [-0.4, -0.2) is 52.7 Å². The van der Waals surface area contributed by atoms with Gasteiger partial charge in [-0.3, -0.25) is 14.5 Å². The first-order valence-electron chi connectivity index (χ1n) is 15.9. The van der Waals surface area contributed by atoms with Gasteiger partial charge in [0.1, 0.15) is 18.8 Å². The van der Waals surface area contributed by atoms with E-state index in [1.807, 2.05) is 76.2 Å². The average molecular weight is 635 g/mol. The van der Waals surface area contributed by atoms with E-state index in [1.54, 1.807) is 69.9 Å². The second-order valence-electron chi connectivity index (χ2n) is 12.0. The Morgan fingerprint density at radius 2 is 1.35 bits per heavy atom. The predicted molar refractivity (Wildman–Crippen MR) is 182 cm³/mol. The molecule has 0 unspecified atom stereocenters. The lowest BCUT2D eigenvalue weighted by atomic mass is 9.84. The first kappa shape index (κ1) is 37.7. The van der Waals surface area contributed by atoms with E-state index in [0.717, 1.165) is 5.56 Å². The maximum atomic E-state index is 13.5. The molecule has 1 aliphatic rings. The fourth-order valence-electron chi connectivity index (χ4n) is 4.66. The van der Waals surface area contributed by atoms with Crippen molar-refractivity contribution < 1.29 is 33.7 Å². The van der Waals surface area contributed by atoms with E-state index in [9.17, 15) is 19.5 Å². The largest absolute Gasteiger partial charge is 0.485 e. The predicted octanol–water partition coefficient (Wildman–Crippen LogP) is 8.56. The molecule has 9 nitrogen and oxygen atoms in total. The van der Waals surface area contributed by atoms with E-state index in [1.165, 1.54) is 4.90 Å². The van der Waals surface area contributed by atoms with Gasteiger partial charge >= 0.3 is 12.1 Å². The number of piperazine rings is 1. The van der Waals surface area contributed by atoms with E-state index in [2.05, 4.69) is 0 Å². The Labute approximate surface area is 274 Å². The third-order valence-corrected chi connectivity index (χ3v) is 6.86. The third kappa shape index (κ3) is 10.5. The first-order chi connectivity index (χ1) is 21.8. The maximum absolute atomic E-state index is 13.5. The minimum Gasteiger partial charge on any atom is -0.485 e. The number of benzene rings is 3. The Balaban J connectivity index is 0.00000177. The molecule has 1 atom stereocenters. The molecule has 0 saturated carbocycles. The van der Waals surface area contributed by atoms with Crippen molar-refractivity contribution in [2.24, 2.45) is 5.41 Å². The van der Waals surface area contributed by atoms with Crippen LogP contribution in [-0.2, 0) is 20.9 Å². The standard InChI is InChI=1S/C33H38N2O7.2C2H6/c1-32(2,3)42-31(39)34-21-29(36)35(20-24(34)19-33(4,5)30(37)38)25-15-9-10-16-26(25)41-28-18-12-11-17-27(28)40-22-23-13-7-6-8-14-23;2*1-2/h6-18,24H,19-22H2,1-5H3,(H,37,38);2*1-2H3/t24-;;/m1../s1. The number of amides is 2. The van der Waals surface area contributed by atoms with Gasteiger partial charge in [-0.05, 0) is 70.9 Å². The summed E-state index contributed by atoms with van der Waals surface area (Å²) in [5, 5.41) is 9.82. The van der Waals surface area contributed by atoms with Crippen molar-refractivity contribution in [2.45, 2.75) is 87.0 Å². The van der Waals surface area contributed by atoms with Crippen LogP contribution in [0.25, 0.3) is 0 Å². The number of ether oxygens (including phenoxy) is 3. The summed E-state index contributed by atoms with van der Waals surface area (Å²) >= 11 is 0. The second-order valence-corrected chi connectivity index (χ2v) is 12.0. The molecule has 2 amide bonds. The SMILES string of the molecule is CC.CC.CC(C)(C)OC(=O)N1CC(=O)N(c2ccccc2Oc2ccccc2OCc2ccccc2)C[C@H]1CC(C)(C)C(=O)O. The van der Waals surface area contributed by atoms with Gasteiger partial charge in [-0.25, -0.2) is 4.79 Å². The molecule has 3 aromatic carbocycles. The summed E-state index contributed by atoms with van der Waals surface area (Å²) in [6.07, 6.45) is -0.541. The van der Waals surface area contributed by atoms with Crippen molar-refractivity contribution in [2.75, 3.05) is 18.0 Å². The molecular formula is C37H50N2O7. The van der Waals surface area contributed by atoms with Crippen LogP contribution in [0.15, 0.2) is 78.9 Å². The normalized spacial score (nSPS) is 14.6. The zero-order chi connectivity index (χ0) is 34.5. The van der Waals surface area contributed by atoms with E-state index in [-0.39, 0.29) is 25.4 Å². The molecule has 0 aromatic heterocycles. The van der Waals surface area contributed by atoms with Gasteiger partial charge in [-0.15, -0.1) is 0 Å². The number of carboxylic acids is 1. The summed E-state index contributed by atoms with van der Waals surface area (Å²) in [5.74, 6) is 0.104. The topological polar surface area (TPSA) is 106 Å². The fraction of sp³-hybridized carbons (Fsp3) is 0.432. The van der Waals surface area contributed by atoms with Crippen LogP contribution in [0.1, 0.15) is 74.3 Å². The van der Waals surface area contributed by atoms with Gasteiger partial charge in [-0.1, -0.05) is 82.3 Å². The molecule has 1 heterocycles. The van der Waals surface area contributed by atoms with Crippen molar-refractivity contribution in [3.63, 3.8) is 0 Å². The van der Waals surface area contributed by atoms with Gasteiger partial charge in [0.15, 0.2) is 17.2 Å². The molecule has 1 aliphatic heterocycles. The lowest BCUT2D eigenvalue weighted by molar-refractivity contribution is -0.148. The summed E-state index contributed by atoms with van der Waals surface area (Å²) in [6, 6.07) is 23.6. The molecule has 46 heavy (non-hydrogen) atoms. The molecular weight excluding hydrogens is 584 g/mol. The number of nitrogens with zero attached hydrogens (tertiary/aromatic N) is 2. The number of hydrogen-bond acceptors (Lipinski definition) is 6. The summed E-state index contributed by atoms with van der Waals surface area (Å²) in [4.78, 5) is 41.5. The Morgan fingerprint density at radius 1 is 0.804 bits per heavy atom. The molecule has 0 aliphatic carbocycles. The van der Waals surface area contributed by atoms with Crippen molar-refractivity contribution in [1.29, 1.82) is 0 Å². The highest BCUT2D eigenvalue weighted by atomic mass is 16.6. The van der Waals surface area contributed by atoms with E-state index >= 15 is 0 Å². The number of carbonyl (C=O) groups excluding carboxylic acids is 2. The van der Waals surface area contributed by atoms with Crippen LogP contribution in [0.5, 0.6) is 17.2 Å². The third-order valence-electron chi connectivity index (χ3n) is 6.86. The average Bonchev–Trinajstić information content (AvgIpc) is 3.03. The van der Waals surface area contributed by atoms with Crippen molar-refractivity contribution >= 4 is 23.7 Å². The molecule has 250 valence electrons. The monoisotopic (exact) mass is 634 g/mol. The number of para-hydroxylation sites is 4. The molecule has 0 bridgehead atoms. The molecule has 9 heteroatoms. The van der Waals surface area contributed by atoms with E-state index in [4.69, 9.17) is 14.2 Å². The number of carboxylic acid groups (broad SMARTS) is 1. The molecule has 1 fully saturated rings. The summed E-state index contributed by atoms with van der Waals surface area (Å²) in [5.41, 5.74) is -0.415. The number of rotatable bonds is 9. The molecule has 1 saturated heterocycles. The molecule has 0 radical (unpaired) electrons.